The fourth-order valence-corrected chi connectivity index (χ4v) is 6.83. The molecule has 0 aliphatic carbocycles. The van der Waals surface area contributed by atoms with Crippen molar-refractivity contribution in [2.75, 3.05) is 6.54 Å². The topological polar surface area (TPSA) is 316 Å². The van der Waals surface area contributed by atoms with Crippen LogP contribution in [0.5, 0.6) is 0 Å². The molecule has 0 saturated heterocycles. The molecule has 12 N–H and O–H groups in total. The van der Waals surface area contributed by atoms with E-state index in [4.69, 9.17) is 5.73 Å². The van der Waals surface area contributed by atoms with Crippen molar-refractivity contribution in [3.63, 3.8) is 0 Å². The normalized spacial score (nSPS) is 16.6. The summed E-state index contributed by atoms with van der Waals surface area (Å²) in [4.78, 5) is 120. The highest BCUT2D eigenvalue weighted by atomic mass is 16.4. The van der Waals surface area contributed by atoms with Gasteiger partial charge in [-0.05, 0) is 67.6 Å². The van der Waals surface area contributed by atoms with Crippen molar-refractivity contribution in [2.45, 2.75) is 190 Å². The number of carboxylic acids is 1. The number of carbonyl (C=O) groups excluding carboxylic acids is 8. The van der Waals surface area contributed by atoms with E-state index in [0.29, 0.717) is 12.8 Å². The number of hydrogen-bond acceptors (Lipinski definition) is 11. The summed E-state index contributed by atoms with van der Waals surface area (Å²) in [6.07, 6.45) is 0.152. The summed E-state index contributed by atoms with van der Waals surface area (Å²) in [6.45, 7) is 25.6. The lowest BCUT2D eigenvalue weighted by molar-refractivity contribution is -0.143. The highest BCUT2D eigenvalue weighted by Gasteiger charge is 2.37. The average Bonchev–Trinajstić information content (AvgIpc) is 3.21. The first-order chi connectivity index (χ1) is 30.5. The Morgan fingerprint density at radius 3 is 1.24 bits per heavy atom. The van der Waals surface area contributed by atoms with Gasteiger partial charge in [-0.3, -0.25) is 38.4 Å². The first-order valence-corrected chi connectivity index (χ1v) is 23.5. The van der Waals surface area contributed by atoms with Gasteiger partial charge in [0.15, 0.2) is 0 Å². The average molecular weight is 940 g/mol. The Morgan fingerprint density at radius 1 is 0.439 bits per heavy atom. The quantitative estimate of drug-likeness (QED) is 0.0478. The van der Waals surface area contributed by atoms with Gasteiger partial charge < -0.3 is 58.5 Å². The molecule has 0 heterocycles. The zero-order chi connectivity index (χ0) is 51.3. The number of aliphatic hydroxyl groups is 1. The highest BCUT2D eigenvalue weighted by molar-refractivity contribution is 5.98. The Hall–Kier alpha value is -4.85. The zero-order valence-corrected chi connectivity index (χ0v) is 42.1. The van der Waals surface area contributed by atoms with Gasteiger partial charge in [0, 0.05) is 0 Å². The van der Waals surface area contributed by atoms with Crippen LogP contribution < -0.4 is 48.3 Å². The van der Waals surface area contributed by atoms with Gasteiger partial charge in [0.05, 0.1) is 18.7 Å². The molecule has 0 rings (SSSR count). The number of aliphatic carboxylic acids is 1. The summed E-state index contributed by atoms with van der Waals surface area (Å²) in [5.41, 5.74) is 6.11. The number of rotatable bonds is 30. The van der Waals surface area contributed by atoms with Crippen molar-refractivity contribution >= 4 is 53.2 Å². The van der Waals surface area contributed by atoms with Gasteiger partial charge in [0.1, 0.15) is 42.3 Å². The molecule has 0 spiro atoms. The first kappa shape index (κ1) is 61.1. The van der Waals surface area contributed by atoms with E-state index in [1.807, 2.05) is 55.4 Å². The molecule has 0 aliphatic rings. The number of aliphatic hydroxyl groups excluding tert-OH is 1. The van der Waals surface area contributed by atoms with E-state index in [1.54, 1.807) is 41.5 Å². The molecule has 0 unspecified atom stereocenters. The van der Waals surface area contributed by atoms with E-state index in [9.17, 15) is 53.4 Å². The SMILES string of the molecule is CC[C@H](C)[C@H](N)C(=O)N[C@@H](CC(C)C)C(=O)N[C@H](C(=O)N[C@H](C(=O)N[C@H](C(=O)N[C@@H](CC(C)C)C(=O)NCC(=O)N[C@H](C(=O)N[C@@H](CC(C)C)C(=O)O)C(C)C)[C@@H](C)CC)C(C)C)[C@@H](C)O. The van der Waals surface area contributed by atoms with Gasteiger partial charge in [-0.2, -0.15) is 0 Å². The van der Waals surface area contributed by atoms with Crippen molar-refractivity contribution in [1.82, 2.24) is 42.5 Å². The Balaban J connectivity index is 6.17. The van der Waals surface area contributed by atoms with Gasteiger partial charge in [0.2, 0.25) is 47.3 Å². The number of amides is 8. The van der Waals surface area contributed by atoms with Crippen LogP contribution in [-0.2, 0) is 43.2 Å². The molecule has 0 aromatic rings. The number of nitrogens with one attached hydrogen (secondary N) is 8. The van der Waals surface area contributed by atoms with Gasteiger partial charge in [0.25, 0.3) is 0 Å². The molecule has 0 aliphatic heterocycles. The summed E-state index contributed by atoms with van der Waals surface area (Å²) >= 11 is 0. The number of carbonyl (C=O) groups is 9. The van der Waals surface area contributed by atoms with E-state index in [-0.39, 0.29) is 42.9 Å². The van der Waals surface area contributed by atoms with Gasteiger partial charge in [-0.15, -0.1) is 0 Å². The van der Waals surface area contributed by atoms with Crippen LogP contribution >= 0.6 is 0 Å². The van der Waals surface area contributed by atoms with E-state index >= 15 is 0 Å². The maximum atomic E-state index is 14.0. The third-order valence-corrected chi connectivity index (χ3v) is 11.4. The number of carboxylic acid groups (broad SMARTS) is 1. The monoisotopic (exact) mass is 940 g/mol. The molecule has 0 fully saturated rings. The van der Waals surface area contributed by atoms with Gasteiger partial charge in [-0.25, -0.2) is 4.79 Å². The van der Waals surface area contributed by atoms with Crippen LogP contribution in [-0.4, -0.2) is 124 Å². The molecular formula is C46H85N9O11. The van der Waals surface area contributed by atoms with Gasteiger partial charge in [-0.1, -0.05) is 110 Å². The highest BCUT2D eigenvalue weighted by Crippen LogP contribution is 2.15. The maximum absolute atomic E-state index is 14.0. The molecule has 0 saturated carbocycles. The summed E-state index contributed by atoms with van der Waals surface area (Å²) in [5.74, 6) is -8.76. The van der Waals surface area contributed by atoms with Crippen LogP contribution in [0.4, 0.5) is 0 Å². The Kier molecular flexibility index (Phi) is 27.5. The predicted octanol–water partition coefficient (Wildman–Crippen LogP) is 0.831. The van der Waals surface area contributed by atoms with Crippen molar-refractivity contribution in [3.8, 4) is 0 Å². The lowest BCUT2D eigenvalue weighted by Gasteiger charge is -2.31. The van der Waals surface area contributed by atoms with Crippen LogP contribution in [0, 0.1) is 41.4 Å². The summed E-state index contributed by atoms with van der Waals surface area (Å²) in [7, 11) is 0. The molecular weight excluding hydrogens is 855 g/mol. The minimum absolute atomic E-state index is 0.0245. The van der Waals surface area contributed by atoms with Crippen LogP contribution in [0.25, 0.3) is 0 Å². The Bertz CT molecular complexity index is 1620. The third-order valence-electron chi connectivity index (χ3n) is 11.4. The maximum Gasteiger partial charge on any atom is 0.326 e. The fourth-order valence-electron chi connectivity index (χ4n) is 6.83. The predicted molar refractivity (Wildman–Crippen MR) is 251 cm³/mol. The Labute approximate surface area is 392 Å². The lowest BCUT2D eigenvalue weighted by atomic mass is 9.95. The smallest absolute Gasteiger partial charge is 0.326 e. The van der Waals surface area contributed by atoms with Crippen molar-refractivity contribution in [2.24, 2.45) is 47.2 Å². The number of hydrogen-bond donors (Lipinski definition) is 11. The molecule has 11 atom stereocenters. The zero-order valence-electron chi connectivity index (χ0n) is 42.1. The lowest BCUT2D eigenvalue weighted by Crippen LogP contribution is -2.63. The third kappa shape index (κ3) is 21.6. The van der Waals surface area contributed by atoms with Crippen LogP contribution in [0.1, 0.15) is 136 Å². The molecule has 66 heavy (non-hydrogen) atoms. The second-order valence-electron chi connectivity index (χ2n) is 19.7. The molecule has 0 radical (unpaired) electrons. The summed E-state index contributed by atoms with van der Waals surface area (Å²) < 4.78 is 0. The van der Waals surface area contributed by atoms with E-state index in [0.717, 1.165) is 0 Å². The molecule has 0 aromatic heterocycles. The van der Waals surface area contributed by atoms with Crippen molar-refractivity contribution in [3.05, 3.63) is 0 Å². The summed E-state index contributed by atoms with van der Waals surface area (Å²) in [6, 6.07) is -9.38. The van der Waals surface area contributed by atoms with Crippen LogP contribution in [0.2, 0.25) is 0 Å². The summed E-state index contributed by atoms with van der Waals surface area (Å²) in [5, 5.41) is 41.0. The van der Waals surface area contributed by atoms with E-state index in [2.05, 4.69) is 42.5 Å². The molecule has 0 aromatic carbocycles. The Morgan fingerprint density at radius 2 is 0.803 bits per heavy atom. The number of nitrogens with two attached hydrogens (primary N) is 1. The molecule has 8 amide bonds. The molecule has 380 valence electrons. The van der Waals surface area contributed by atoms with Gasteiger partial charge >= 0.3 is 5.97 Å². The second kappa shape index (κ2) is 29.7. The van der Waals surface area contributed by atoms with Crippen molar-refractivity contribution < 1.29 is 53.4 Å². The van der Waals surface area contributed by atoms with Crippen LogP contribution in [0.3, 0.4) is 0 Å². The van der Waals surface area contributed by atoms with E-state index in [1.165, 1.54) is 6.92 Å². The molecule has 0 bridgehead atoms. The fraction of sp³-hybridized carbons (Fsp3) is 0.804. The van der Waals surface area contributed by atoms with Crippen LogP contribution in [0.15, 0.2) is 0 Å². The molecule has 20 nitrogen and oxygen atoms in total. The second-order valence-corrected chi connectivity index (χ2v) is 19.7. The molecule has 20 heteroatoms. The van der Waals surface area contributed by atoms with E-state index < -0.39 is 132 Å². The first-order valence-electron chi connectivity index (χ1n) is 23.5. The minimum atomic E-state index is -1.54. The standard InChI is InChI=1S/C46H85N9O11/c1-16-27(13)34(47)41(60)49-31(19-23(5)6)40(59)55-38(29(15)56)45(64)53-36(26(11)12)43(62)54-37(28(14)17-2)44(63)50-30(18-22(3)4)39(58)48-21-33(57)52-35(25(9)10)42(61)51-32(46(65)66)20-24(7)8/h22-32,34-38,56H,16-21,47H2,1-15H3,(H,48,58)(H,49,60)(H,50,63)(H,51,61)(H,52,57)(H,53,64)(H,54,62)(H,55,59)(H,65,66)/t27-,28-,29+,30-,31-,32-,34-,35-,36-,37-,38-/m0/s1. The van der Waals surface area contributed by atoms with Crippen molar-refractivity contribution in [1.29, 1.82) is 0 Å². The largest absolute Gasteiger partial charge is 0.480 e. The minimum Gasteiger partial charge on any atom is -0.480 e.